The number of carbonyl (C=O) groups is 2. The van der Waals surface area contributed by atoms with Crippen LogP contribution in [0.15, 0.2) is 30.5 Å². The number of amides is 2. The number of rotatable bonds is 3. The predicted octanol–water partition coefficient (Wildman–Crippen LogP) is 0.757. The Balaban J connectivity index is 1.98. The third-order valence-corrected chi connectivity index (χ3v) is 3.95. The maximum atomic E-state index is 12.4. The number of nitrogens with two attached hydrogens (primary N) is 1. The number of fused-ring (bicyclic) bond motifs is 1. The lowest BCUT2D eigenvalue weighted by Gasteiger charge is -2.16. The molecule has 2 amide bonds. The summed E-state index contributed by atoms with van der Waals surface area (Å²) in [7, 11) is 0. The number of aromatic nitrogens is 1. The Kier molecular flexibility index (Phi) is 3.91. The molecule has 1 saturated heterocycles. The summed E-state index contributed by atoms with van der Waals surface area (Å²) in [5.74, 6) is -0.770. The molecule has 0 bridgehead atoms. The fraction of sp³-hybridized carbons (Fsp3) is 0.250. The molecule has 1 aromatic heterocycles. The minimum absolute atomic E-state index is 0.218. The highest BCUT2D eigenvalue weighted by atomic mass is 16.2. The number of anilines is 1. The van der Waals surface area contributed by atoms with Gasteiger partial charge in [-0.1, -0.05) is 6.07 Å². The van der Waals surface area contributed by atoms with E-state index in [2.05, 4.69) is 10.3 Å². The summed E-state index contributed by atoms with van der Waals surface area (Å²) in [4.78, 5) is 28.9. The Labute approximate surface area is 132 Å². The summed E-state index contributed by atoms with van der Waals surface area (Å²) in [5, 5.41) is 13.9. The van der Waals surface area contributed by atoms with Crippen LogP contribution in [-0.2, 0) is 4.79 Å². The van der Waals surface area contributed by atoms with E-state index in [4.69, 9.17) is 5.73 Å². The van der Waals surface area contributed by atoms with E-state index in [1.165, 1.54) is 0 Å². The number of carbonyl (C=O) groups excluding carboxylic acids is 2. The molecular weight excluding hydrogens is 294 g/mol. The molecule has 1 atom stereocenters. The van der Waals surface area contributed by atoms with Crippen LogP contribution in [0.5, 0.6) is 0 Å². The minimum atomic E-state index is -0.532. The molecule has 7 heteroatoms. The van der Waals surface area contributed by atoms with E-state index in [-0.39, 0.29) is 17.6 Å². The second-order valence-electron chi connectivity index (χ2n) is 5.43. The van der Waals surface area contributed by atoms with E-state index in [0.29, 0.717) is 23.9 Å². The number of hydrogen-bond acceptors (Lipinski definition) is 5. The maximum absolute atomic E-state index is 12.4. The van der Waals surface area contributed by atoms with E-state index in [1.807, 2.05) is 6.19 Å². The lowest BCUT2D eigenvalue weighted by molar-refractivity contribution is -0.121. The molecule has 7 nitrogen and oxygen atoms in total. The normalized spacial score (nSPS) is 16.9. The van der Waals surface area contributed by atoms with E-state index >= 15 is 0 Å². The molecule has 3 rings (SSSR count). The lowest BCUT2D eigenvalue weighted by atomic mass is 10.1. The van der Waals surface area contributed by atoms with Crippen LogP contribution in [0.4, 0.5) is 5.82 Å². The van der Waals surface area contributed by atoms with Crippen molar-refractivity contribution < 1.29 is 9.59 Å². The molecule has 0 spiro atoms. The molecule has 1 aliphatic rings. The fourth-order valence-electron chi connectivity index (χ4n) is 2.67. The number of benzene rings is 1. The van der Waals surface area contributed by atoms with Crippen LogP contribution in [-0.4, -0.2) is 29.9 Å². The molecular formula is C16H15N5O2. The van der Waals surface area contributed by atoms with Crippen LogP contribution in [0.25, 0.3) is 10.8 Å². The molecule has 2 heterocycles. The zero-order valence-electron chi connectivity index (χ0n) is 12.3. The first-order chi connectivity index (χ1) is 11.1. The number of pyridine rings is 1. The first-order valence-corrected chi connectivity index (χ1v) is 7.24. The van der Waals surface area contributed by atoms with E-state index in [1.54, 1.807) is 30.5 Å². The van der Waals surface area contributed by atoms with Gasteiger partial charge in [0.05, 0.1) is 5.92 Å². The van der Waals surface area contributed by atoms with Gasteiger partial charge in [0.1, 0.15) is 5.82 Å². The van der Waals surface area contributed by atoms with Gasteiger partial charge in [-0.2, -0.15) is 10.2 Å². The first-order valence-electron chi connectivity index (χ1n) is 7.24. The Bertz CT molecular complexity index is 821. The fourth-order valence-corrected chi connectivity index (χ4v) is 2.67. The van der Waals surface area contributed by atoms with Crippen molar-refractivity contribution in [3.8, 4) is 6.19 Å². The van der Waals surface area contributed by atoms with Gasteiger partial charge in [-0.15, -0.1) is 0 Å². The second kappa shape index (κ2) is 6.02. The summed E-state index contributed by atoms with van der Waals surface area (Å²) in [5.41, 5.74) is 5.65. The van der Waals surface area contributed by atoms with Crippen molar-refractivity contribution in [1.82, 2.24) is 10.3 Å². The van der Waals surface area contributed by atoms with Gasteiger partial charge in [-0.3, -0.25) is 9.59 Å². The quantitative estimate of drug-likeness (QED) is 0.642. The van der Waals surface area contributed by atoms with Crippen molar-refractivity contribution in [1.29, 1.82) is 5.26 Å². The molecule has 0 radical (unpaired) electrons. The van der Waals surface area contributed by atoms with E-state index in [9.17, 15) is 14.9 Å². The predicted molar refractivity (Wildman–Crippen MR) is 84.3 cm³/mol. The molecule has 1 aliphatic heterocycles. The zero-order chi connectivity index (χ0) is 16.4. The Hall–Kier alpha value is -2.98. The molecule has 2 aromatic rings. The molecule has 116 valence electrons. The van der Waals surface area contributed by atoms with Crippen molar-refractivity contribution in [3.63, 3.8) is 0 Å². The summed E-state index contributed by atoms with van der Waals surface area (Å²) in [6.45, 7) is 1.33. The van der Waals surface area contributed by atoms with Crippen molar-refractivity contribution in [2.75, 3.05) is 18.0 Å². The molecule has 0 saturated carbocycles. The number of nitrogens with one attached hydrogen (secondary N) is 1. The minimum Gasteiger partial charge on any atom is -0.366 e. The number of hydrogen-bond donors (Lipinski definition) is 2. The van der Waals surface area contributed by atoms with Crippen LogP contribution in [0.3, 0.4) is 0 Å². The van der Waals surface area contributed by atoms with E-state index in [0.717, 1.165) is 16.8 Å². The maximum Gasteiger partial charge on any atom is 0.248 e. The van der Waals surface area contributed by atoms with Gasteiger partial charge in [-0.25, -0.2) is 4.98 Å². The van der Waals surface area contributed by atoms with Gasteiger partial charge in [0.15, 0.2) is 6.19 Å². The van der Waals surface area contributed by atoms with Crippen molar-refractivity contribution in [2.45, 2.75) is 6.42 Å². The van der Waals surface area contributed by atoms with Gasteiger partial charge in [0.2, 0.25) is 11.8 Å². The highest BCUT2D eigenvalue weighted by Gasteiger charge is 2.29. The average Bonchev–Trinajstić information content (AvgIpc) is 3.09. The number of nitrogens with zero attached hydrogens (tertiary/aromatic N) is 3. The summed E-state index contributed by atoms with van der Waals surface area (Å²) in [6, 6.07) is 6.58. The molecule has 1 aromatic carbocycles. The van der Waals surface area contributed by atoms with Gasteiger partial charge < -0.3 is 11.1 Å². The second-order valence-corrected chi connectivity index (χ2v) is 5.43. The topological polar surface area (TPSA) is 112 Å². The van der Waals surface area contributed by atoms with Crippen molar-refractivity contribution in [2.24, 2.45) is 11.7 Å². The number of primary amides is 1. The zero-order valence-corrected chi connectivity index (χ0v) is 12.3. The smallest absolute Gasteiger partial charge is 0.248 e. The SMILES string of the molecule is N#CN(C(=O)C1CCNC1)c1cc2cc(C(N)=O)ccc2cn1. The van der Waals surface area contributed by atoms with Crippen molar-refractivity contribution in [3.05, 3.63) is 36.0 Å². The van der Waals surface area contributed by atoms with Crippen LogP contribution < -0.4 is 16.0 Å². The highest BCUT2D eigenvalue weighted by molar-refractivity contribution is 6.00. The average molecular weight is 309 g/mol. The molecule has 0 aliphatic carbocycles. The first kappa shape index (κ1) is 14.9. The van der Waals surface area contributed by atoms with Gasteiger partial charge in [-0.05, 0) is 36.6 Å². The Morgan fingerprint density at radius 3 is 2.83 bits per heavy atom. The monoisotopic (exact) mass is 309 g/mol. The summed E-state index contributed by atoms with van der Waals surface area (Å²) < 4.78 is 0. The summed E-state index contributed by atoms with van der Waals surface area (Å²) >= 11 is 0. The van der Waals surface area contributed by atoms with Gasteiger partial charge >= 0.3 is 0 Å². The van der Waals surface area contributed by atoms with Crippen LogP contribution in [0, 0.1) is 17.4 Å². The van der Waals surface area contributed by atoms with Crippen LogP contribution in [0.2, 0.25) is 0 Å². The van der Waals surface area contributed by atoms with Gasteiger partial charge in [0, 0.05) is 23.7 Å². The molecule has 1 fully saturated rings. The van der Waals surface area contributed by atoms with Crippen LogP contribution >= 0.6 is 0 Å². The van der Waals surface area contributed by atoms with Gasteiger partial charge in [0.25, 0.3) is 0 Å². The Morgan fingerprint density at radius 2 is 2.17 bits per heavy atom. The third kappa shape index (κ3) is 2.84. The molecule has 3 N–H and O–H groups in total. The lowest BCUT2D eigenvalue weighted by Crippen LogP contribution is -2.34. The van der Waals surface area contributed by atoms with E-state index < -0.39 is 5.91 Å². The number of nitriles is 1. The molecule has 1 unspecified atom stereocenters. The highest BCUT2D eigenvalue weighted by Crippen LogP contribution is 2.22. The van der Waals surface area contributed by atoms with Crippen LogP contribution in [0.1, 0.15) is 16.8 Å². The standard InChI is InChI=1S/C16H15N5O2/c17-9-21(16(23)12-3-4-19-7-12)14-6-13-5-10(15(18)22)1-2-11(13)8-20-14/h1-2,5-6,8,12,19H,3-4,7H2,(H2,18,22). The van der Waals surface area contributed by atoms with Crippen molar-refractivity contribution >= 4 is 28.4 Å². The Morgan fingerprint density at radius 1 is 1.35 bits per heavy atom. The molecule has 23 heavy (non-hydrogen) atoms. The largest absolute Gasteiger partial charge is 0.366 e. The summed E-state index contributed by atoms with van der Waals surface area (Å²) in [6.07, 6.45) is 4.17. The third-order valence-electron chi connectivity index (χ3n) is 3.95.